The monoisotopic (exact) mass is 398 g/mol. The quantitative estimate of drug-likeness (QED) is 0.551. The molecule has 0 fully saturated rings. The molecule has 0 radical (unpaired) electrons. The number of allylic oxidation sites excluding steroid dienone is 2. The minimum Gasteiger partial charge on any atom is -0.457 e. The van der Waals surface area contributed by atoms with Crippen LogP contribution in [0.15, 0.2) is 107 Å². The van der Waals surface area contributed by atoms with Crippen molar-refractivity contribution in [2.75, 3.05) is 0 Å². The van der Waals surface area contributed by atoms with Gasteiger partial charge in [-0.2, -0.15) is 0 Å². The van der Waals surface area contributed by atoms with E-state index in [4.69, 9.17) is 9.47 Å². The second-order valence-corrected chi connectivity index (χ2v) is 7.75. The third kappa shape index (κ3) is 3.30. The molecule has 5 heteroatoms. The number of benzene rings is 2. The number of hydrogen-bond acceptors (Lipinski definition) is 5. The highest BCUT2D eigenvalue weighted by atomic mass is 32.1. The summed E-state index contributed by atoms with van der Waals surface area (Å²) in [7, 11) is 0. The highest BCUT2D eigenvalue weighted by molar-refractivity contribution is 7.12. The molecule has 2 aromatic carbocycles. The van der Waals surface area contributed by atoms with Crippen molar-refractivity contribution in [3.05, 3.63) is 107 Å². The largest absolute Gasteiger partial charge is 0.457 e. The van der Waals surface area contributed by atoms with Gasteiger partial charge < -0.3 is 9.47 Å². The van der Waals surface area contributed by atoms with E-state index in [1.54, 1.807) is 23.8 Å². The Morgan fingerprint density at radius 1 is 0.586 bits per heavy atom. The third-order valence-corrected chi connectivity index (χ3v) is 5.99. The molecule has 2 unspecified atom stereocenters. The summed E-state index contributed by atoms with van der Waals surface area (Å²) in [6.07, 6.45) is 11.3. The summed E-state index contributed by atoms with van der Waals surface area (Å²) >= 11 is 1.58. The first-order valence-corrected chi connectivity index (χ1v) is 10.1. The van der Waals surface area contributed by atoms with Crippen molar-refractivity contribution >= 4 is 23.8 Å². The van der Waals surface area contributed by atoms with Gasteiger partial charge in [-0.3, -0.25) is 0 Å². The number of ether oxygens (including phenoxy) is 2. The van der Waals surface area contributed by atoms with Gasteiger partial charge in [0.2, 0.25) is 0 Å². The van der Waals surface area contributed by atoms with E-state index in [1.807, 2.05) is 97.1 Å². The Balaban J connectivity index is 1.50. The van der Waals surface area contributed by atoms with Crippen LogP contribution in [0.3, 0.4) is 0 Å². The molecule has 0 saturated carbocycles. The number of para-hydroxylation sites is 2. The van der Waals surface area contributed by atoms with Gasteiger partial charge in [-0.25, -0.2) is 9.98 Å². The Morgan fingerprint density at radius 3 is 1.41 bits per heavy atom. The van der Waals surface area contributed by atoms with Crippen LogP contribution in [0.4, 0.5) is 0 Å². The number of hydrogen-bond donors (Lipinski definition) is 0. The minimum absolute atomic E-state index is 0.764. The van der Waals surface area contributed by atoms with Gasteiger partial charge in [0.25, 0.3) is 11.4 Å². The molecule has 4 nitrogen and oxygen atoms in total. The van der Waals surface area contributed by atoms with Crippen LogP contribution in [0.1, 0.15) is 9.75 Å². The molecule has 29 heavy (non-hydrogen) atoms. The number of nitrogens with zero attached hydrogens (tertiary/aromatic N) is 2. The fraction of sp³-hybridized carbons (Fsp3) is 0.0833. The Morgan fingerprint density at radius 2 is 1.03 bits per heavy atom. The van der Waals surface area contributed by atoms with Gasteiger partial charge >= 0.3 is 0 Å². The summed E-state index contributed by atoms with van der Waals surface area (Å²) in [5.41, 5.74) is -1.74. The summed E-state index contributed by atoms with van der Waals surface area (Å²) in [6, 6.07) is 23.5. The molecule has 0 bridgehead atoms. The number of thiophene rings is 1. The van der Waals surface area contributed by atoms with Crippen LogP contribution >= 0.6 is 11.3 Å². The molecule has 0 spiro atoms. The van der Waals surface area contributed by atoms with E-state index in [-0.39, 0.29) is 0 Å². The van der Waals surface area contributed by atoms with Crippen LogP contribution in [0, 0.1) is 0 Å². The molecule has 3 heterocycles. The van der Waals surface area contributed by atoms with Crippen LogP contribution in [-0.4, -0.2) is 12.4 Å². The van der Waals surface area contributed by atoms with E-state index in [1.165, 1.54) is 0 Å². The van der Waals surface area contributed by atoms with Crippen molar-refractivity contribution in [2.45, 2.75) is 11.4 Å². The normalized spacial score (nSPS) is 24.3. The maximum Gasteiger partial charge on any atom is 0.255 e. The van der Waals surface area contributed by atoms with Gasteiger partial charge in [0.1, 0.15) is 11.5 Å². The molecule has 1 aromatic heterocycles. The van der Waals surface area contributed by atoms with Crippen LogP contribution in [0.5, 0.6) is 11.5 Å². The fourth-order valence-corrected chi connectivity index (χ4v) is 4.44. The lowest BCUT2D eigenvalue weighted by molar-refractivity contribution is 0.136. The zero-order valence-electron chi connectivity index (χ0n) is 15.5. The predicted molar refractivity (Wildman–Crippen MR) is 117 cm³/mol. The molecular formula is C24H18N2O2S. The highest BCUT2D eigenvalue weighted by Crippen LogP contribution is 2.43. The summed E-state index contributed by atoms with van der Waals surface area (Å²) in [5, 5.41) is 0. The Hall–Kier alpha value is -3.44. The molecular weight excluding hydrogens is 380 g/mol. The molecule has 0 N–H and O–H groups in total. The second-order valence-electron chi connectivity index (χ2n) is 6.66. The average Bonchev–Trinajstić information content (AvgIpc) is 3.51. The number of aliphatic imine (C=N–C) groups is 2. The van der Waals surface area contributed by atoms with Crippen molar-refractivity contribution in [3.63, 3.8) is 0 Å². The summed E-state index contributed by atoms with van der Waals surface area (Å²) < 4.78 is 12.6. The third-order valence-electron chi connectivity index (χ3n) is 4.69. The summed E-state index contributed by atoms with van der Waals surface area (Å²) in [6.45, 7) is 0. The maximum absolute atomic E-state index is 6.30. The molecule has 2 atom stereocenters. The van der Waals surface area contributed by atoms with Crippen LogP contribution in [0.25, 0.3) is 0 Å². The Kier molecular flexibility index (Phi) is 4.37. The van der Waals surface area contributed by atoms with Crippen molar-refractivity contribution < 1.29 is 9.47 Å². The lowest BCUT2D eigenvalue weighted by atomic mass is 10.1. The lowest BCUT2D eigenvalue weighted by Crippen LogP contribution is -2.27. The lowest BCUT2D eigenvalue weighted by Gasteiger charge is -2.26. The fourth-order valence-electron chi connectivity index (χ4n) is 3.31. The first kappa shape index (κ1) is 17.6. The van der Waals surface area contributed by atoms with Gasteiger partial charge in [0, 0.05) is 12.4 Å². The van der Waals surface area contributed by atoms with Crippen molar-refractivity contribution in [1.29, 1.82) is 0 Å². The number of rotatable bonds is 6. The molecule has 5 rings (SSSR count). The van der Waals surface area contributed by atoms with Gasteiger partial charge in [-0.15, -0.1) is 11.3 Å². The second kappa shape index (κ2) is 7.18. The van der Waals surface area contributed by atoms with E-state index in [0.29, 0.717) is 0 Å². The predicted octanol–water partition coefficient (Wildman–Crippen LogP) is 5.49. The van der Waals surface area contributed by atoms with Gasteiger partial charge in [0.15, 0.2) is 0 Å². The van der Waals surface area contributed by atoms with E-state index < -0.39 is 11.4 Å². The van der Waals surface area contributed by atoms with Crippen LogP contribution < -0.4 is 9.47 Å². The topological polar surface area (TPSA) is 43.2 Å². The first-order chi connectivity index (χ1) is 14.3. The van der Waals surface area contributed by atoms with Crippen LogP contribution in [0.2, 0.25) is 0 Å². The SMILES string of the molecule is C1=CC(Oc2ccccc2)(c2ccc(C3(Oc4ccccc4)C=CC=N3)s2)N=C1. The van der Waals surface area contributed by atoms with Crippen LogP contribution in [-0.2, 0) is 11.4 Å². The molecule has 2 aliphatic rings. The molecule has 2 aliphatic heterocycles. The van der Waals surface area contributed by atoms with Gasteiger partial charge in [-0.1, -0.05) is 36.4 Å². The Labute approximate surface area is 173 Å². The van der Waals surface area contributed by atoms with Crippen molar-refractivity contribution in [3.8, 4) is 11.5 Å². The standard InChI is InChI=1S/C24H18N2O2S/c1-3-9-19(10-4-1)27-23(15-7-17-25-23)21-13-14-22(29-21)24(16-8-18-26-24)28-20-11-5-2-6-12-20/h1-18H. The van der Waals surface area contributed by atoms with E-state index >= 15 is 0 Å². The zero-order valence-corrected chi connectivity index (χ0v) is 16.3. The summed E-state index contributed by atoms with van der Waals surface area (Å²) in [5.74, 6) is 1.53. The maximum atomic E-state index is 6.30. The summed E-state index contributed by atoms with van der Waals surface area (Å²) in [4.78, 5) is 11.2. The van der Waals surface area contributed by atoms with E-state index in [9.17, 15) is 0 Å². The van der Waals surface area contributed by atoms with E-state index in [2.05, 4.69) is 9.98 Å². The average molecular weight is 398 g/mol. The first-order valence-electron chi connectivity index (χ1n) is 9.33. The minimum atomic E-state index is -0.871. The van der Waals surface area contributed by atoms with E-state index in [0.717, 1.165) is 21.3 Å². The molecule has 142 valence electrons. The smallest absolute Gasteiger partial charge is 0.255 e. The van der Waals surface area contributed by atoms with Crippen molar-refractivity contribution in [2.24, 2.45) is 9.98 Å². The highest BCUT2D eigenvalue weighted by Gasteiger charge is 2.39. The van der Waals surface area contributed by atoms with Gasteiger partial charge in [-0.05, 0) is 60.7 Å². The molecule has 3 aromatic rings. The molecule has 0 saturated heterocycles. The van der Waals surface area contributed by atoms with Gasteiger partial charge in [0.05, 0.1) is 9.75 Å². The van der Waals surface area contributed by atoms with Crippen molar-refractivity contribution in [1.82, 2.24) is 0 Å². The molecule has 0 amide bonds. The molecule has 0 aliphatic carbocycles. The zero-order chi connectivity index (χ0) is 19.6. The Bertz CT molecular complexity index is 1000.